The molecule has 15 heavy (non-hydrogen) atoms. The van der Waals surface area contributed by atoms with E-state index in [0.29, 0.717) is 0 Å². The lowest BCUT2D eigenvalue weighted by Gasteiger charge is -2.09. The average Bonchev–Trinajstić information content (AvgIpc) is 2.29. The van der Waals surface area contributed by atoms with Crippen LogP contribution in [0, 0.1) is 0 Å². The fourth-order valence-corrected chi connectivity index (χ4v) is 1.43. The second-order valence-electron chi connectivity index (χ2n) is 3.60. The highest BCUT2D eigenvalue weighted by atomic mass is 16.5. The highest BCUT2D eigenvalue weighted by molar-refractivity contribution is 5.17. The first-order valence-electron chi connectivity index (χ1n) is 5.60. The third-order valence-corrected chi connectivity index (χ3v) is 2.27. The Labute approximate surface area is 92.1 Å². The maximum atomic E-state index is 5.25. The first-order chi connectivity index (χ1) is 7.43. The van der Waals surface area contributed by atoms with Crippen LogP contribution in [0.5, 0.6) is 0 Å². The summed E-state index contributed by atoms with van der Waals surface area (Å²) < 4.78 is 10.2. The zero-order valence-electron chi connectivity index (χ0n) is 9.50. The van der Waals surface area contributed by atoms with Gasteiger partial charge < -0.3 is 14.8 Å². The molecule has 0 bridgehead atoms. The van der Waals surface area contributed by atoms with Crippen molar-refractivity contribution >= 4 is 0 Å². The predicted molar refractivity (Wildman–Crippen MR) is 61.8 cm³/mol. The van der Waals surface area contributed by atoms with Crippen LogP contribution in [-0.4, -0.2) is 33.4 Å². The molecule has 3 nitrogen and oxygen atoms in total. The maximum Gasteiger partial charge on any atom is 0.0876 e. The van der Waals surface area contributed by atoms with Gasteiger partial charge in [0, 0.05) is 13.7 Å². The van der Waals surface area contributed by atoms with E-state index in [0.717, 1.165) is 45.6 Å². The Morgan fingerprint density at radius 1 is 1.53 bits per heavy atom. The SMILES string of the molecule is COCCNCC/C=C/C1=COCCC1. The Balaban J connectivity index is 1.98. The summed E-state index contributed by atoms with van der Waals surface area (Å²) in [6.07, 6.45) is 9.58. The van der Waals surface area contributed by atoms with E-state index in [1.165, 1.54) is 5.57 Å². The van der Waals surface area contributed by atoms with Gasteiger partial charge in [0.2, 0.25) is 0 Å². The maximum absolute atomic E-state index is 5.25. The van der Waals surface area contributed by atoms with E-state index in [2.05, 4.69) is 17.5 Å². The molecule has 0 saturated heterocycles. The number of hydrogen-bond acceptors (Lipinski definition) is 3. The van der Waals surface area contributed by atoms with Crippen molar-refractivity contribution in [3.63, 3.8) is 0 Å². The molecular weight excluding hydrogens is 190 g/mol. The number of ether oxygens (including phenoxy) is 2. The van der Waals surface area contributed by atoms with Crippen molar-refractivity contribution in [1.82, 2.24) is 5.32 Å². The predicted octanol–water partition coefficient (Wildman–Crippen LogP) is 1.86. The Bertz CT molecular complexity index is 212. The highest BCUT2D eigenvalue weighted by Gasteiger charge is 1.99. The van der Waals surface area contributed by atoms with Crippen LogP contribution in [0.1, 0.15) is 19.3 Å². The first kappa shape index (κ1) is 12.3. The molecular formula is C12H21NO2. The van der Waals surface area contributed by atoms with E-state index >= 15 is 0 Å². The minimum absolute atomic E-state index is 0.780. The number of nitrogens with one attached hydrogen (secondary N) is 1. The van der Waals surface area contributed by atoms with Gasteiger partial charge in [-0.15, -0.1) is 0 Å². The standard InChI is InChI=1S/C12H21NO2/c1-14-10-8-13-7-3-2-5-12-6-4-9-15-11-12/h2,5,11,13H,3-4,6-10H2,1H3/b5-2+. The van der Waals surface area contributed by atoms with E-state index in [9.17, 15) is 0 Å². The summed E-state index contributed by atoms with van der Waals surface area (Å²) in [5.74, 6) is 0. The lowest BCUT2D eigenvalue weighted by molar-refractivity contribution is 0.199. The van der Waals surface area contributed by atoms with E-state index < -0.39 is 0 Å². The Hall–Kier alpha value is -0.800. The van der Waals surface area contributed by atoms with Crippen LogP contribution in [0.2, 0.25) is 0 Å². The fraction of sp³-hybridized carbons (Fsp3) is 0.667. The molecule has 0 unspecified atom stereocenters. The largest absolute Gasteiger partial charge is 0.501 e. The van der Waals surface area contributed by atoms with E-state index in [1.807, 2.05) is 6.26 Å². The molecule has 0 aromatic heterocycles. The summed E-state index contributed by atoms with van der Waals surface area (Å²) in [5.41, 5.74) is 1.30. The molecule has 3 heteroatoms. The third-order valence-electron chi connectivity index (χ3n) is 2.27. The first-order valence-corrected chi connectivity index (χ1v) is 5.60. The molecule has 1 rings (SSSR count). The molecule has 0 aromatic rings. The highest BCUT2D eigenvalue weighted by Crippen LogP contribution is 2.12. The van der Waals surface area contributed by atoms with Crippen molar-refractivity contribution in [1.29, 1.82) is 0 Å². The molecule has 86 valence electrons. The van der Waals surface area contributed by atoms with Gasteiger partial charge in [0.05, 0.1) is 19.5 Å². The van der Waals surface area contributed by atoms with Crippen LogP contribution in [-0.2, 0) is 9.47 Å². The number of rotatable bonds is 7. The lowest BCUT2D eigenvalue weighted by atomic mass is 10.1. The van der Waals surface area contributed by atoms with Gasteiger partial charge in [-0.2, -0.15) is 0 Å². The smallest absolute Gasteiger partial charge is 0.0876 e. The molecule has 0 aliphatic carbocycles. The van der Waals surface area contributed by atoms with Gasteiger partial charge in [0.15, 0.2) is 0 Å². The molecule has 0 saturated carbocycles. The third kappa shape index (κ3) is 6.31. The van der Waals surface area contributed by atoms with Gasteiger partial charge in [-0.1, -0.05) is 12.2 Å². The van der Waals surface area contributed by atoms with E-state index in [4.69, 9.17) is 9.47 Å². The lowest BCUT2D eigenvalue weighted by Crippen LogP contribution is -2.19. The van der Waals surface area contributed by atoms with Crippen molar-refractivity contribution in [3.8, 4) is 0 Å². The normalized spacial score (nSPS) is 16.5. The zero-order chi connectivity index (χ0) is 10.8. The molecule has 1 N–H and O–H groups in total. The van der Waals surface area contributed by atoms with Crippen LogP contribution in [0.25, 0.3) is 0 Å². The Morgan fingerprint density at radius 2 is 2.47 bits per heavy atom. The van der Waals surface area contributed by atoms with Crippen LogP contribution in [0.15, 0.2) is 24.0 Å². The minimum atomic E-state index is 0.780. The zero-order valence-corrected chi connectivity index (χ0v) is 9.50. The van der Waals surface area contributed by atoms with Gasteiger partial charge in [-0.3, -0.25) is 0 Å². The van der Waals surface area contributed by atoms with Crippen LogP contribution in [0.3, 0.4) is 0 Å². The topological polar surface area (TPSA) is 30.5 Å². The van der Waals surface area contributed by atoms with Crippen molar-refractivity contribution in [3.05, 3.63) is 24.0 Å². The number of hydrogen-bond donors (Lipinski definition) is 1. The quantitative estimate of drug-likeness (QED) is 0.652. The van der Waals surface area contributed by atoms with Crippen molar-refractivity contribution in [2.75, 3.05) is 33.4 Å². The molecule has 0 spiro atoms. The summed E-state index contributed by atoms with van der Waals surface area (Å²) >= 11 is 0. The second kappa shape index (κ2) is 8.50. The average molecular weight is 211 g/mol. The van der Waals surface area contributed by atoms with Gasteiger partial charge in [-0.05, 0) is 31.4 Å². The Morgan fingerprint density at radius 3 is 3.20 bits per heavy atom. The Kier molecular flexibility index (Phi) is 6.96. The van der Waals surface area contributed by atoms with Gasteiger partial charge in [0.1, 0.15) is 0 Å². The number of allylic oxidation sites excluding steroid dienone is 2. The minimum Gasteiger partial charge on any atom is -0.501 e. The van der Waals surface area contributed by atoms with E-state index in [1.54, 1.807) is 7.11 Å². The van der Waals surface area contributed by atoms with Crippen molar-refractivity contribution in [2.45, 2.75) is 19.3 Å². The summed E-state index contributed by atoms with van der Waals surface area (Å²) in [4.78, 5) is 0. The molecule has 0 radical (unpaired) electrons. The van der Waals surface area contributed by atoms with Crippen molar-refractivity contribution < 1.29 is 9.47 Å². The summed E-state index contributed by atoms with van der Waals surface area (Å²) in [5, 5.41) is 3.30. The van der Waals surface area contributed by atoms with Gasteiger partial charge in [0.25, 0.3) is 0 Å². The van der Waals surface area contributed by atoms with E-state index in [-0.39, 0.29) is 0 Å². The second-order valence-corrected chi connectivity index (χ2v) is 3.60. The summed E-state index contributed by atoms with van der Waals surface area (Å²) in [6.45, 7) is 3.59. The molecule has 0 amide bonds. The summed E-state index contributed by atoms with van der Waals surface area (Å²) in [7, 11) is 1.72. The molecule has 1 aliphatic rings. The summed E-state index contributed by atoms with van der Waals surface area (Å²) in [6, 6.07) is 0. The monoisotopic (exact) mass is 211 g/mol. The molecule has 0 fully saturated rings. The molecule has 0 atom stereocenters. The molecule has 0 aromatic carbocycles. The van der Waals surface area contributed by atoms with Gasteiger partial charge >= 0.3 is 0 Å². The number of methoxy groups -OCH3 is 1. The van der Waals surface area contributed by atoms with Crippen LogP contribution in [0.4, 0.5) is 0 Å². The van der Waals surface area contributed by atoms with Gasteiger partial charge in [-0.25, -0.2) is 0 Å². The van der Waals surface area contributed by atoms with Crippen LogP contribution < -0.4 is 5.32 Å². The molecule has 1 aliphatic heterocycles. The fourth-order valence-electron chi connectivity index (χ4n) is 1.43. The van der Waals surface area contributed by atoms with Crippen molar-refractivity contribution in [2.24, 2.45) is 0 Å². The molecule has 1 heterocycles. The van der Waals surface area contributed by atoms with Crippen LogP contribution >= 0.6 is 0 Å².